The molecule has 25 heavy (non-hydrogen) atoms. The summed E-state index contributed by atoms with van der Waals surface area (Å²) >= 11 is 6.63. The maximum absolute atomic E-state index is 13.0. The molecular weight excluding hydrogens is 334 g/mol. The van der Waals surface area contributed by atoms with Gasteiger partial charge in [-0.05, 0) is 62.3 Å². The summed E-state index contributed by atoms with van der Waals surface area (Å²) in [6.45, 7) is 3.92. The quantitative estimate of drug-likeness (QED) is 0.628. The zero-order valence-electron chi connectivity index (χ0n) is 14.4. The zero-order chi connectivity index (χ0) is 17.7. The van der Waals surface area contributed by atoms with Gasteiger partial charge in [-0.15, -0.1) is 0 Å². The highest BCUT2D eigenvalue weighted by atomic mass is 35.5. The van der Waals surface area contributed by atoms with Crippen molar-refractivity contribution in [3.8, 4) is 0 Å². The van der Waals surface area contributed by atoms with Crippen molar-refractivity contribution in [3.05, 3.63) is 62.9 Å². The number of nitrogen functional groups attached to an aromatic ring is 1. The normalized spacial score (nSPS) is 13.9. The number of anilines is 1. The Hall–Kier alpha value is -2.26. The highest BCUT2D eigenvalue weighted by Crippen LogP contribution is 2.41. The maximum atomic E-state index is 13.0. The Morgan fingerprint density at radius 3 is 2.68 bits per heavy atom. The van der Waals surface area contributed by atoms with Gasteiger partial charge in [0.15, 0.2) is 5.76 Å². The fourth-order valence-electron chi connectivity index (χ4n) is 3.80. The van der Waals surface area contributed by atoms with Gasteiger partial charge in [0.25, 0.3) is 0 Å². The predicted octanol–water partition coefficient (Wildman–Crippen LogP) is 5.40. The van der Waals surface area contributed by atoms with Crippen LogP contribution in [0.25, 0.3) is 11.0 Å². The molecule has 0 atom stereocenters. The van der Waals surface area contributed by atoms with Crippen LogP contribution in [-0.2, 0) is 12.8 Å². The zero-order valence-corrected chi connectivity index (χ0v) is 15.2. The first-order valence-electron chi connectivity index (χ1n) is 8.61. The second kappa shape index (κ2) is 5.92. The average Bonchev–Trinajstić information content (AvgIpc) is 2.91. The molecular formula is C21H20ClNO2. The summed E-state index contributed by atoms with van der Waals surface area (Å²) in [5, 5.41) is 1.32. The van der Waals surface area contributed by atoms with Crippen molar-refractivity contribution in [1.29, 1.82) is 0 Å². The number of benzene rings is 2. The summed E-state index contributed by atoms with van der Waals surface area (Å²) in [5.74, 6) is -0.00793. The minimum absolute atomic E-state index is 0.186. The summed E-state index contributed by atoms with van der Waals surface area (Å²) in [5.41, 5.74) is 12.2. The van der Waals surface area contributed by atoms with E-state index in [1.165, 1.54) is 5.56 Å². The van der Waals surface area contributed by atoms with E-state index in [9.17, 15) is 4.79 Å². The first-order valence-corrected chi connectivity index (χ1v) is 8.99. The minimum atomic E-state index is -0.194. The van der Waals surface area contributed by atoms with E-state index < -0.39 is 0 Å². The second-order valence-corrected chi connectivity index (χ2v) is 7.28. The summed E-state index contributed by atoms with van der Waals surface area (Å²) in [6.07, 6.45) is 4.23. The standard InChI is InChI=1S/C21H20ClNO2/c1-11-7-8-14(12(2)9-11)20(24)21-19(23)17-16(25-21)10-13-5-3-4-6-15(13)18(17)22/h7-10H,3-6,23H2,1-2H3. The minimum Gasteiger partial charge on any atom is -0.450 e. The van der Waals surface area contributed by atoms with Crippen molar-refractivity contribution < 1.29 is 9.21 Å². The van der Waals surface area contributed by atoms with Crippen LogP contribution in [0.3, 0.4) is 0 Å². The number of halogens is 1. The van der Waals surface area contributed by atoms with Gasteiger partial charge in [-0.3, -0.25) is 4.79 Å². The number of carbonyl (C=O) groups excluding carboxylic acids is 1. The van der Waals surface area contributed by atoms with Gasteiger partial charge < -0.3 is 10.2 Å². The van der Waals surface area contributed by atoms with Crippen molar-refractivity contribution >= 4 is 34.0 Å². The molecule has 0 unspecified atom stereocenters. The molecule has 1 heterocycles. The molecule has 0 aliphatic heterocycles. The third kappa shape index (κ3) is 2.54. The summed E-state index contributed by atoms with van der Waals surface area (Å²) in [4.78, 5) is 13.0. The van der Waals surface area contributed by atoms with E-state index in [0.717, 1.165) is 42.4 Å². The van der Waals surface area contributed by atoms with E-state index in [-0.39, 0.29) is 11.5 Å². The van der Waals surface area contributed by atoms with Crippen molar-refractivity contribution in [3.63, 3.8) is 0 Å². The molecule has 0 saturated carbocycles. The van der Waals surface area contributed by atoms with Crippen LogP contribution in [0.1, 0.15) is 51.2 Å². The van der Waals surface area contributed by atoms with Gasteiger partial charge in [0.1, 0.15) is 5.58 Å². The molecule has 0 spiro atoms. The predicted molar refractivity (Wildman–Crippen MR) is 102 cm³/mol. The topological polar surface area (TPSA) is 56.2 Å². The van der Waals surface area contributed by atoms with E-state index >= 15 is 0 Å². The molecule has 0 radical (unpaired) electrons. The van der Waals surface area contributed by atoms with Gasteiger partial charge in [-0.25, -0.2) is 0 Å². The first-order chi connectivity index (χ1) is 12.0. The third-order valence-corrected chi connectivity index (χ3v) is 5.52. The van der Waals surface area contributed by atoms with Gasteiger partial charge in [0.05, 0.1) is 16.1 Å². The Morgan fingerprint density at radius 1 is 1.16 bits per heavy atom. The van der Waals surface area contributed by atoms with Crippen molar-refractivity contribution in [2.45, 2.75) is 39.5 Å². The van der Waals surface area contributed by atoms with Crippen LogP contribution >= 0.6 is 11.6 Å². The largest absolute Gasteiger partial charge is 0.450 e. The van der Waals surface area contributed by atoms with Crippen LogP contribution in [0.2, 0.25) is 5.02 Å². The Bertz CT molecular complexity index is 1020. The van der Waals surface area contributed by atoms with E-state index in [1.807, 2.05) is 38.1 Å². The van der Waals surface area contributed by atoms with Crippen LogP contribution in [0.4, 0.5) is 5.69 Å². The fraction of sp³-hybridized carbons (Fsp3) is 0.286. The molecule has 0 bridgehead atoms. The van der Waals surface area contributed by atoms with Gasteiger partial charge >= 0.3 is 0 Å². The van der Waals surface area contributed by atoms with E-state index in [1.54, 1.807) is 0 Å². The van der Waals surface area contributed by atoms with Crippen molar-refractivity contribution in [1.82, 2.24) is 0 Å². The van der Waals surface area contributed by atoms with Crippen LogP contribution < -0.4 is 5.73 Å². The lowest BCUT2D eigenvalue weighted by molar-refractivity contribution is 0.101. The number of carbonyl (C=O) groups is 1. The van der Waals surface area contributed by atoms with Crippen molar-refractivity contribution in [2.24, 2.45) is 0 Å². The molecule has 0 saturated heterocycles. The molecule has 1 aromatic heterocycles. The monoisotopic (exact) mass is 353 g/mol. The molecule has 4 rings (SSSR count). The lowest BCUT2D eigenvalue weighted by atomic mass is 9.90. The number of ketones is 1. The van der Waals surface area contributed by atoms with Crippen LogP contribution in [-0.4, -0.2) is 5.78 Å². The molecule has 1 aliphatic carbocycles. The van der Waals surface area contributed by atoms with Gasteiger partial charge in [0.2, 0.25) is 5.78 Å². The molecule has 4 heteroatoms. The molecule has 3 nitrogen and oxygen atoms in total. The Kier molecular flexibility index (Phi) is 3.84. The first kappa shape index (κ1) is 16.2. The van der Waals surface area contributed by atoms with E-state index in [2.05, 4.69) is 0 Å². The number of hydrogen-bond acceptors (Lipinski definition) is 3. The van der Waals surface area contributed by atoms with E-state index in [0.29, 0.717) is 27.2 Å². The average molecular weight is 354 g/mol. The van der Waals surface area contributed by atoms with Crippen LogP contribution in [0.5, 0.6) is 0 Å². The Balaban J connectivity index is 1.89. The highest BCUT2D eigenvalue weighted by Gasteiger charge is 2.25. The number of fused-ring (bicyclic) bond motifs is 2. The Morgan fingerprint density at radius 2 is 1.92 bits per heavy atom. The molecule has 0 fully saturated rings. The van der Waals surface area contributed by atoms with Gasteiger partial charge in [-0.2, -0.15) is 0 Å². The van der Waals surface area contributed by atoms with Crippen molar-refractivity contribution in [2.75, 3.05) is 5.73 Å². The molecule has 2 aromatic carbocycles. The number of furan rings is 1. The number of aryl methyl sites for hydroxylation is 3. The van der Waals surface area contributed by atoms with Gasteiger partial charge in [-0.1, -0.05) is 35.4 Å². The number of rotatable bonds is 2. The van der Waals surface area contributed by atoms with Gasteiger partial charge in [0, 0.05) is 5.56 Å². The lowest BCUT2D eigenvalue weighted by Crippen LogP contribution is -2.05. The molecule has 3 aromatic rings. The molecule has 1 aliphatic rings. The maximum Gasteiger partial charge on any atom is 0.230 e. The summed E-state index contributed by atoms with van der Waals surface area (Å²) in [7, 11) is 0. The molecule has 128 valence electrons. The number of hydrogen-bond donors (Lipinski definition) is 1. The molecule has 2 N–H and O–H groups in total. The summed E-state index contributed by atoms with van der Waals surface area (Å²) in [6, 6.07) is 7.74. The Labute approximate surface area is 151 Å². The molecule has 0 amide bonds. The highest BCUT2D eigenvalue weighted by molar-refractivity contribution is 6.38. The SMILES string of the molecule is Cc1ccc(C(=O)c2oc3cc4c(c(Cl)c3c2N)CCCC4)c(C)c1. The number of nitrogens with two attached hydrogens (primary N) is 1. The fourth-order valence-corrected chi connectivity index (χ4v) is 4.21. The second-order valence-electron chi connectivity index (χ2n) is 6.90. The third-order valence-electron chi connectivity index (χ3n) is 5.11. The smallest absolute Gasteiger partial charge is 0.230 e. The van der Waals surface area contributed by atoms with E-state index in [4.69, 9.17) is 21.8 Å². The van der Waals surface area contributed by atoms with Crippen LogP contribution in [0, 0.1) is 13.8 Å². The lowest BCUT2D eigenvalue weighted by Gasteiger charge is -2.17. The van der Waals surface area contributed by atoms with Crippen LogP contribution in [0.15, 0.2) is 28.7 Å². The summed E-state index contributed by atoms with van der Waals surface area (Å²) < 4.78 is 5.89.